The Balaban J connectivity index is 1.48. The van der Waals surface area contributed by atoms with Crippen molar-refractivity contribution < 1.29 is 13.9 Å². The fraction of sp³-hybridized carbons (Fsp3) is 0.440. The Labute approximate surface area is 202 Å². The predicted molar refractivity (Wildman–Crippen MR) is 129 cm³/mol. The second-order valence-electron chi connectivity index (χ2n) is 8.84. The van der Waals surface area contributed by atoms with Crippen molar-refractivity contribution >= 4 is 10.9 Å². The number of hydrogen-bond donors (Lipinski definition) is 1. The van der Waals surface area contributed by atoms with E-state index in [0.717, 1.165) is 54.1 Å². The number of nitrogens with one attached hydrogen (secondary N) is 1. The number of fused-ring (bicyclic) bond motifs is 1. The van der Waals surface area contributed by atoms with Crippen LogP contribution in [0.3, 0.4) is 0 Å². The van der Waals surface area contributed by atoms with Crippen LogP contribution in [0.15, 0.2) is 51.9 Å². The van der Waals surface area contributed by atoms with Crippen LogP contribution in [-0.4, -0.2) is 49.9 Å². The van der Waals surface area contributed by atoms with Crippen molar-refractivity contribution in [1.82, 2.24) is 30.1 Å². The van der Waals surface area contributed by atoms with Gasteiger partial charge in [0.2, 0.25) is 0 Å². The summed E-state index contributed by atoms with van der Waals surface area (Å²) < 4.78 is 18.7. The van der Waals surface area contributed by atoms with E-state index in [4.69, 9.17) is 13.9 Å². The number of hydrogen-bond acceptors (Lipinski definition) is 8. The lowest BCUT2D eigenvalue weighted by Gasteiger charge is -2.29. The number of aromatic amines is 1. The van der Waals surface area contributed by atoms with E-state index in [-0.39, 0.29) is 17.7 Å². The molecule has 4 heterocycles. The number of tetrazole rings is 1. The van der Waals surface area contributed by atoms with E-state index in [2.05, 4.69) is 32.3 Å². The van der Waals surface area contributed by atoms with Gasteiger partial charge in [-0.1, -0.05) is 6.92 Å². The van der Waals surface area contributed by atoms with Crippen LogP contribution in [-0.2, 0) is 24.4 Å². The summed E-state index contributed by atoms with van der Waals surface area (Å²) in [6.07, 6.45) is 4.59. The maximum Gasteiger partial charge on any atom is 0.252 e. The molecular formula is C25H30N6O4. The van der Waals surface area contributed by atoms with Crippen molar-refractivity contribution in [2.24, 2.45) is 0 Å². The largest absolute Gasteiger partial charge is 0.497 e. The van der Waals surface area contributed by atoms with Gasteiger partial charge >= 0.3 is 0 Å². The van der Waals surface area contributed by atoms with E-state index in [1.54, 1.807) is 13.4 Å². The molecule has 1 aliphatic rings. The molecule has 10 nitrogen and oxygen atoms in total. The molecule has 3 aromatic heterocycles. The summed E-state index contributed by atoms with van der Waals surface area (Å²) in [6.45, 7) is 4.39. The molecule has 10 heteroatoms. The molecule has 0 unspecified atom stereocenters. The molecule has 1 N–H and O–H groups in total. The lowest BCUT2D eigenvalue weighted by Crippen LogP contribution is -2.33. The average molecular weight is 479 g/mol. The lowest BCUT2D eigenvalue weighted by molar-refractivity contribution is 0.0882. The molecule has 1 fully saturated rings. The molecule has 0 radical (unpaired) electrons. The molecule has 1 saturated heterocycles. The highest BCUT2D eigenvalue weighted by atomic mass is 16.5. The number of furan rings is 1. The molecule has 0 bridgehead atoms. The van der Waals surface area contributed by atoms with Crippen LogP contribution in [0, 0.1) is 0 Å². The summed E-state index contributed by atoms with van der Waals surface area (Å²) in [4.78, 5) is 18.2. The quantitative estimate of drug-likeness (QED) is 0.369. The smallest absolute Gasteiger partial charge is 0.252 e. The van der Waals surface area contributed by atoms with Crippen LogP contribution >= 0.6 is 0 Å². The SMILES string of the molecule is CC[C@H](c1nnnn1C[C@@H]1CCCO1)N(Cc1ccco1)Cc1cc2cc(OC)ccc2[nH]c1=O. The van der Waals surface area contributed by atoms with Crippen molar-refractivity contribution in [3.63, 3.8) is 0 Å². The Kier molecular flexibility index (Phi) is 6.91. The van der Waals surface area contributed by atoms with Crippen molar-refractivity contribution in [2.75, 3.05) is 13.7 Å². The van der Waals surface area contributed by atoms with Gasteiger partial charge < -0.3 is 18.9 Å². The van der Waals surface area contributed by atoms with Crippen LogP contribution in [0.4, 0.5) is 0 Å². The molecule has 0 amide bonds. The first-order valence-electron chi connectivity index (χ1n) is 12.0. The Morgan fingerprint density at radius 1 is 1.29 bits per heavy atom. The summed E-state index contributed by atoms with van der Waals surface area (Å²) in [6, 6.07) is 11.2. The van der Waals surface area contributed by atoms with Crippen molar-refractivity contribution in [2.45, 2.75) is 58.0 Å². The van der Waals surface area contributed by atoms with Gasteiger partial charge in [0, 0.05) is 29.6 Å². The first kappa shape index (κ1) is 23.3. The standard InChI is InChI=1S/C25H30N6O4/c1-3-23(24-27-28-29-31(24)16-21-7-5-11-35-21)30(15-20-6-4-10-34-20)14-18-12-17-13-19(33-2)8-9-22(17)26-25(18)32/h4,6,8-10,12-13,21,23H,3,5,7,11,14-16H2,1-2H3,(H,26,32)/t21-,23+/m0/s1. The van der Waals surface area contributed by atoms with Gasteiger partial charge in [0.05, 0.1) is 38.6 Å². The second kappa shape index (κ2) is 10.4. The summed E-state index contributed by atoms with van der Waals surface area (Å²) >= 11 is 0. The zero-order valence-corrected chi connectivity index (χ0v) is 20.0. The number of rotatable bonds is 10. The van der Waals surface area contributed by atoms with E-state index < -0.39 is 0 Å². The minimum atomic E-state index is -0.128. The normalized spacial score (nSPS) is 16.8. The van der Waals surface area contributed by atoms with E-state index in [0.29, 0.717) is 25.2 Å². The van der Waals surface area contributed by atoms with E-state index in [9.17, 15) is 4.79 Å². The molecule has 1 aromatic carbocycles. The highest BCUT2D eigenvalue weighted by Crippen LogP contribution is 2.28. The number of aromatic nitrogens is 5. The molecule has 1 aliphatic heterocycles. The number of pyridine rings is 1. The third-order valence-electron chi connectivity index (χ3n) is 6.53. The molecule has 184 valence electrons. The summed E-state index contributed by atoms with van der Waals surface area (Å²) in [5.74, 6) is 2.30. The van der Waals surface area contributed by atoms with Crippen LogP contribution in [0.25, 0.3) is 10.9 Å². The first-order valence-corrected chi connectivity index (χ1v) is 12.0. The van der Waals surface area contributed by atoms with E-state index in [1.807, 2.05) is 41.1 Å². The predicted octanol–water partition coefficient (Wildman–Crippen LogP) is 3.45. The van der Waals surface area contributed by atoms with Gasteiger partial charge in [0.25, 0.3) is 5.56 Å². The van der Waals surface area contributed by atoms with Crippen molar-refractivity contribution in [3.8, 4) is 5.75 Å². The molecule has 0 saturated carbocycles. The summed E-state index contributed by atoms with van der Waals surface area (Å²) in [5, 5.41) is 13.5. The highest BCUT2D eigenvalue weighted by molar-refractivity contribution is 5.80. The Hall–Kier alpha value is -3.50. The highest BCUT2D eigenvalue weighted by Gasteiger charge is 2.28. The lowest BCUT2D eigenvalue weighted by atomic mass is 10.1. The van der Waals surface area contributed by atoms with Crippen molar-refractivity contribution in [1.29, 1.82) is 0 Å². The van der Waals surface area contributed by atoms with Gasteiger partial charge in [-0.05, 0) is 66.1 Å². The third-order valence-corrected chi connectivity index (χ3v) is 6.53. The van der Waals surface area contributed by atoms with Gasteiger partial charge in [-0.2, -0.15) is 0 Å². The van der Waals surface area contributed by atoms with Gasteiger partial charge in [-0.3, -0.25) is 9.69 Å². The Bertz CT molecular complexity index is 1310. The van der Waals surface area contributed by atoms with Gasteiger partial charge in [0.1, 0.15) is 11.5 Å². The zero-order valence-electron chi connectivity index (χ0n) is 20.0. The molecule has 0 spiro atoms. The van der Waals surface area contributed by atoms with Crippen LogP contribution in [0.2, 0.25) is 0 Å². The van der Waals surface area contributed by atoms with Gasteiger partial charge in [-0.25, -0.2) is 4.68 Å². The Morgan fingerprint density at radius 3 is 2.94 bits per heavy atom. The van der Waals surface area contributed by atoms with Crippen LogP contribution in [0.1, 0.15) is 49.4 Å². The topological polar surface area (TPSA) is 111 Å². The fourth-order valence-electron chi connectivity index (χ4n) is 4.74. The maximum absolute atomic E-state index is 13.0. The molecule has 35 heavy (non-hydrogen) atoms. The number of benzene rings is 1. The molecular weight excluding hydrogens is 448 g/mol. The van der Waals surface area contributed by atoms with E-state index in [1.165, 1.54) is 0 Å². The summed E-state index contributed by atoms with van der Waals surface area (Å²) in [7, 11) is 1.63. The zero-order chi connectivity index (χ0) is 24.2. The number of nitrogens with zero attached hydrogens (tertiary/aromatic N) is 5. The van der Waals surface area contributed by atoms with Crippen LogP contribution < -0.4 is 10.3 Å². The van der Waals surface area contributed by atoms with Crippen molar-refractivity contribution in [3.05, 3.63) is 70.2 Å². The van der Waals surface area contributed by atoms with E-state index >= 15 is 0 Å². The maximum atomic E-state index is 13.0. The first-order chi connectivity index (χ1) is 17.1. The number of methoxy groups -OCH3 is 1. The number of H-pyrrole nitrogens is 1. The second-order valence-corrected chi connectivity index (χ2v) is 8.84. The minimum Gasteiger partial charge on any atom is -0.497 e. The van der Waals surface area contributed by atoms with Crippen LogP contribution in [0.5, 0.6) is 5.75 Å². The minimum absolute atomic E-state index is 0.117. The molecule has 5 rings (SSSR count). The Morgan fingerprint density at radius 2 is 2.20 bits per heavy atom. The monoisotopic (exact) mass is 478 g/mol. The average Bonchev–Trinajstić information content (AvgIpc) is 3.65. The van der Waals surface area contributed by atoms with Gasteiger partial charge in [-0.15, -0.1) is 5.10 Å². The summed E-state index contributed by atoms with van der Waals surface area (Å²) in [5.41, 5.74) is 1.29. The number of ether oxygens (including phenoxy) is 2. The molecule has 0 aliphatic carbocycles. The third kappa shape index (κ3) is 5.13. The van der Waals surface area contributed by atoms with Gasteiger partial charge in [0.15, 0.2) is 5.82 Å². The molecule has 4 aromatic rings. The molecule has 2 atom stereocenters. The fourth-order valence-corrected chi connectivity index (χ4v) is 4.74.